The molecule has 1 nitrogen and oxygen atoms in total. The Hall–Kier alpha value is -4.10. The molecule has 0 atom stereocenters. The van der Waals surface area contributed by atoms with E-state index in [2.05, 4.69) is 133 Å². The van der Waals surface area contributed by atoms with Gasteiger partial charge in [-0.1, -0.05) is 122 Å². The molecule has 5 aromatic carbocycles. The summed E-state index contributed by atoms with van der Waals surface area (Å²) in [5, 5.41) is 3.73. The number of fused-ring (bicyclic) bond motifs is 3. The molecule has 0 saturated heterocycles. The van der Waals surface area contributed by atoms with Crippen molar-refractivity contribution >= 4 is 11.4 Å². The van der Waals surface area contributed by atoms with E-state index in [1.807, 2.05) is 0 Å². The van der Waals surface area contributed by atoms with Crippen molar-refractivity contribution in [2.24, 2.45) is 0 Å². The molecule has 1 fully saturated rings. The van der Waals surface area contributed by atoms with Gasteiger partial charge < -0.3 is 5.32 Å². The minimum Gasteiger partial charge on any atom is -0.356 e. The van der Waals surface area contributed by atoms with E-state index in [4.69, 9.17) is 0 Å². The molecular formula is C37H33N. The summed E-state index contributed by atoms with van der Waals surface area (Å²) in [7, 11) is 0. The highest BCUT2D eigenvalue weighted by Gasteiger charge is 2.45. The molecule has 2 aliphatic carbocycles. The van der Waals surface area contributed by atoms with Crippen LogP contribution in [0.2, 0.25) is 0 Å². The van der Waals surface area contributed by atoms with Crippen molar-refractivity contribution in [3.8, 4) is 11.1 Å². The molecule has 1 saturated carbocycles. The Kier molecular flexibility index (Phi) is 5.85. The van der Waals surface area contributed by atoms with Gasteiger partial charge in [0.05, 0.1) is 5.41 Å². The number of nitrogens with one attached hydrogen (secondary N) is 1. The molecule has 0 amide bonds. The van der Waals surface area contributed by atoms with Crippen LogP contribution in [0.5, 0.6) is 0 Å². The van der Waals surface area contributed by atoms with Crippen LogP contribution in [0.3, 0.4) is 0 Å². The Labute approximate surface area is 226 Å². The van der Waals surface area contributed by atoms with Crippen LogP contribution in [0.25, 0.3) is 11.1 Å². The molecule has 5 aromatic rings. The Morgan fingerprint density at radius 3 is 1.76 bits per heavy atom. The zero-order chi connectivity index (χ0) is 25.4. The molecular weight excluding hydrogens is 458 g/mol. The Bertz CT molecular complexity index is 1500. The van der Waals surface area contributed by atoms with Gasteiger partial charge >= 0.3 is 0 Å². The quantitative estimate of drug-likeness (QED) is 0.253. The predicted octanol–water partition coefficient (Wildman–Crippen LogP) is 9.84. The second-order valence-electron chi connectivity index (χ2n) is 10.9. The van der Waals surface area contributed by atoms with E-state index in [9.17, 15) is 0 Å². The SMILES string of the molecule is c1ccc(C2(c3ccccc3)c3ccccc3-c3ccc(Nc4ccc(C5CCCCC5)cc4)cc32)cc1. The summed E-state index contributed by atoms with van der Waals surface area (Å²) in [4.78, 5) is 0. The van der Waals surface area contributed by atoms with Crippen molar-refractivity contribution < 1.29 is 0 Å². The number of anilines is 2. The predicted molar refractivity (Wildman–Crippen MR) is 159 cm³/mol. The van der Waals surface area contributed by atoms with Crippen molar-refractivity contribution in [2.75, 3.05) is 5.32 Å². The third-order valence-corrected chi connectivity index (χ3v) is 8.73. The fraction of sp³-hybridized carbons (Fsp3) is 0.189. The molecule has 0 bridgehead atoms. The monoisotopic (exact) mass is 491 g/mol. The third kappa shape index (κ3) is 3.77. The Morgan fingerprint density at radius 2 is 1.08 bits per heavy atom. The van der Waals surface area contributed by atoms with Gasteiger partial charge in [0.1, 0.15) is 0 Å². The van der Waals surface area contributed by atoms with Gasteiger partial charge in [-0.3, -0.25) is 0 Å². The molecule has 0 unspecified atom stereocenters. The van der Waals surface area contributed by atoms with E-state index in [1.54, 1.807) is 0 Å². The van der Waals surface area contributed by atoms with Crippen LogP contribution in [0.15, 0.2) is 127 Å². The maximum atomic E-state index is 3.73. The van der Waals surface area contributed by atoms with Crippen molar-refractivity contribution in [1.82, 2.24) is 0 Å². The molecule has 7 rings (SSSR count). The summed E-state index contributed by atoms with van der Waals surface area (Å²) in [5.74, 6) is 0.730. The van der Waals surface area contributed by atoms with Gasteiger partial charge in [-0.25, -0.2) is 0 Å². The largest absolute Gasteiger partial charge is 0.356 e. The number of hydrogen-bond donors (Lipinski definition) is 1. The van der Waals surface area contributed by atoms with Crippen molar-refractivity contribution in [1.29, 1.82) is 0 Å². The normalized spacial score (nSPS) is 16.0. The molecule has 0 aliphatic heterocycles. The Morgan fingerprint density at radius 1 is 0.500 bits per heavy atom. The molecule has 0 radical (unpaired) electrons. The van der Waals surface area contributed by atoms with Crippen molar-refractivity contribution in [3.05, 3.63) is 155 Å². The summed E-state index contributed by atoms with van der Waals surface area (Å²) in [6.07, 6.45) is 6.80. The van der Waals surface area contributed by atoms with E-state index in [1.165, 1.54) is 71.0 Å². The molecule has 2 aliphatic rings. The van der Waals surface area contributed by atoms with E-state index >= 15 is 0 Å². The number of rotatable bonds is 5. The average Bonchev–Trinajstić information content (AvgIpc) is 3.29. The summed E-state index contributed by atoms with van der Waals surface area (Å²) >= 11 is 0. The summed E-state index contributed by atoms with van der Waals surface area (Å²) in [5.41, 5.74) is 11.3. The lowest BCUT2D eigenvalue weighted by Crippen LogP contribution is -2.28. The van der Waals surface area contributed by atoms with Gasteiger partial charge in [0.25, 0.3) is 0 Å². The Balaban J connectivity index is 1.34. The van der Waals surface area contributed by atoms with Crippen molar-refractivity contribution in [2.45, 2.75) is 43.4 Å². The highest BCUT2D eigenvalue weighted by Crippen LogP contribution is 2.56. The van der Waals surface area contributed by atoms with Gasteiger partial charge in [0, 0.05) is 11.4 Å². The molecule has 38 heavy (non-hydrogen) atoms. The van der Waals surface area contributed by atoms with Gasteiger partial charge in [-0.05, 0) is 82.0 Å². The van der Waals surface area contributed by atoms with Crippen LogP contribution in [-0.2, 0) is 5.41 Å². The van der Waals surface area contributed by atoms with Crippen LogP contribution in [0.4, 0.5) is 11.4 Å². The summed E-state index contributed by atoms with van der Waals surface area (Å²) in [6, 6.07) is 47.0. The van der Waals surface area contributed by atoms with Gasteiger partial charge in [-0.15, -0.1) is 0 Å². The van der Waals surface area contributed by atoms with E-state index in [-0.39, 0.29) is 5.41 Å². The zero-order valence-electron chi connectivity index (χ0n) is 21.7. The van der Waals surface area contributed by atoms with Crippen LogP contribution >= 0.6 is 0 Å². The van der Waals surface area contributed by atoms with E-state index in [0.29, 0.717) is 0 Å². The molecule has 1 N–H and O–H groups in total. The van der Waals surface area contributed by atoms with Gasteiger partial charge in [-0.2, -0.15) is 0 Å². The zero-order valence-corrected chi connectivity index (χ0v) is 21.7. The second kappa shape index (κ2) is 9.65. The van der Waals surface area contributed by atoms with Crippen LogP contribution in [-0.4, -0.2) is 0 Å². The van der Waals surface area contributed by atoms with Gasteiger partial charge in [0.15, 0.2) is 0 Å². The lowest BCUT2D eigenvalue weighted by atomic mass is 9.67. The second-order valence-corrected chi connectivity index (χ2v) is 10.9. The first-order chi connectivity index (χ1) is 18.8. The first kappa shape index (κ1) is 23.0. The first-order valence-corrected chi connectivity index (χ1v) is 14.1. The lowest BCUT2D eigenvalue weighted by molar-refractivity contribution is 0.443. The molecule has 186 valence electrons. The minimum atomic E-state index is -0.364. The highest BCUT2D eigenvalue weighted by atomic mass is 14.9. The van der Waals surface area contributed by atoms with E-state index in [0.717, 1.165) is 17.3 Å². The fourth-order valence-electron chi connectivity index (χ4n) is 6.96. The standard InChI is InChI=1S/C37H33N/c1-4-12-27(13-5-1)28-20-22-31(23-21-28)38-32-24-25-34-33-18-10-11-19-35(33)37(36(34)26-32,29-14-6-2-7-15-29)30-16-8-3-9-17-30/h2-3,6-11,14-27,38H,1,4-5,12-13H2. The van der Waals surface area contributed by atoms with Crippen LogP contribution < -0.4 is 5.32 Å². The maximum Gasteiger partial charge on any atom is 0.0714 e. The molecule has 0 spiro atoms. The van der Waals surface area contributed by atoms with Crippen LogP contribution in [0, 0.1) is 0 Å². The minimum absolute atomic E-state index is 0.364. The average molecular weight is 492 g/mol. The molecule has 0 aromatic heterocycles. The smallest absolute Gasteiger partial charge is 0.0714 e. The fourth-order valence-corrected chi connectivity index (χ4v) is 6.96. The van der Waals surface area contributed by atoms with E-state index < -0.39 is 0 Å². The van der Waals surface area contributed by atoms with Crippen molar-refractivity contribution in [3.63, 3.8) is 0 Å². The topological polar surface area (TPSA) is 12.0 Å². The number of hydrogen-bond acceptors (Lipinski definition) is 1. The summed E-state index contributed by atoms with van der Waals surface area (Å²) in [6.45, 7) is 0. The first-order valence-electron chi connectivity index (χ1n) is 14.1. The maximum absolute atomic E-state index is 3.73. The van der Waals surface area contributed by atoms with Crippen LogP contribution in [0.1, 0.15) is 65.8 Å². The van der Waals surface area contributed by atoms with Gasteiger partial charge in [0.2, 0.25) is 0 Å². The lowest BCUT2D eigenvalue weighted by Gasteiger charge is -2.34. The molecule has 0 heterocycles. The summed E-state index contributed by atoms with van der Waals surface area (Å²) < 4.78 is 0. The third-order valence-electron chi connectivity index (χ3n) is 8.73. The molecule has 1 heteroatoms. The number of benzene rings is 5. The highest BCUT2D eigenvalue weighted by molar-refractivity contribution is 5.88.